The summed E-state index contributed by atoms with van der Waals surface area (Å²) in [6.07, 6.45) is 3.64. The summed E-state index contributed by atoms with van der Waals surface area (Å²) in [4.78, 5) is 4.28. The van der Waals surface area contributed by atoms with Crippen LogP contribution in [0.3, 0.4) is 0 Å². The molecule has 0 aliphatic rings. The molecule has 1 aromatic carbocycles. The SMILES string of the molecule is CCn1ccnc1CC(O)c1cc(Br)ccc1Br. The van der Waals surface area contributed by atoms with Gasteiger partial charge >= 0.3 is 0 Å². The normalized spacial score (nSPS) is 12.7. The lowest BCUT2D eigenvalue weighted by atomic mass is 10.1. The highest BCUT2D eigenvalue weighted by Gasteiger charge is 2.15. The van der Waals surface area contributed by atoms with Crippen LogP contribution in [-0.2, 0) is 13.0 Å². The maximum atomic E-state index is 10.3. The molecule has 18 heavy (non-hydrogen) atoms. The Balaban J connectivity index is 2.21. The Kier molecular flexibility index (Phi) is 4.59. The molecule has 1 aromatic heterocycles. The van der Waals surface area contributed by atoms with E-state index in [9.17, 15) is 5.11 Å². The molecule has 0 fully saturated rings. The van der Waals surface area contributed by atoms with Gasteiger partial charge < -0.3 is 9.67 Å². The van der Waals surface area contributed by atoms with Gasteiger partial charge in [-0.3, -0.25) is 0 Å². The van der Waals surface area contributed by atoms with Gasteiger partial charge in [0.15, 0.2) is 0 Å². The molecule has 1 N–H and O–H groups in total. The first-order valence-electron chi connectivity index (χ1n) is 5.74. The summed E-state index contributed by atoms with van der Waals surface area (Å²) < 4.78 is 3.90. The summed E-state index contributed by atoms with van der Waals surface area (Å²) in [6.45, 7) is 2.92. The molecule has 0 bridgehead atoms. The summed E-state index contributed by atoms with van der Waals surface area (Å²) in [6, 6.07) is 5.79. The third kappa shape index (κ3) is 3.02. The van der Waals surface area contributed by atoms with Crippen LogP contribution in [-0.4, -0.2) is 14.7 Å². The van der Waals surface area contributed by atoms with Gasteiger partial charge in [-0.15, -0.1) is 0 Å². The van der Waals surface area contributed by atoms with E-state index in [1.165, 1.54) is 0 Å². The Morgan fingerprint density at radius 2 is 2.17 bits per heavy atom. The maximum absolute atomic E-state index is 10.3. The van der Waals surface area contributed by atoms with E-state index in [1.54, 1.807) is 6.20 Å². The van der Waals surface area contributed by atoms with Crippen LogP contribution in [0.5, 0.6) is 0 Å². The second-order valence-corrected chi connectivity index (χ2v) is 5.79. The first kappa shape index (κ1) is 13.8. The molecule has 1 unspecified atom stereocenters. The van der Waals surface area contributed by atoms with Crippen LogP contribution in [0.15, 0.2) is 39.5 Å². The van der Waals surface area contributed by atoms with Crippen LogP contribution in [0.2, 0.25) is 0 Å². The molecular weight excluding hydrogens is 360 g/mol. The zero-order valence-corrected chi connectivity index (χ0v) is 13.1. The van der Waals surface area contributed by atoms with Crippen molar-refractivity contribution in [1.29, 1.82) is 0 Å². The van der Waals surface area contributed by atoms with Crippen LogP contribution in [0, 0.1) is 0 Å². The Morgan fingerprint density at radius 1 is 1.39 bits per heavy atom. The number of aliphatic hydroxyl groups is 1. The minimum absolute atomic E-state index is 0.510. The molecular formula is C13H14Br2N2O. The largest absolute Gasteiger partial charge is 0.388 e. The van der Waals surface area contributed by atoms with Crippen LogP contribution < -0.4 is 0 Å². The molecule has 0 aliphatic heterocycles. The highest BCUT2D eigenvalue weighted by Crippen LogP contribution is 2.28. The van der Waals surface area contributed by atoms with Gasteiger partial charge in [-0.1, -0.05) is 31.9 Å². The van der Waals surface area contributed by atoms with Crippen LogP contribution in [0.1, 0.15) is 24.4 Å². The number of hydrogen-bond donors (Lipinski definition) is 1. The fraction of sp³-hybridized carbons (Fsp3) is 0.308. The molecule has 2 rings (SSSR count). The minimum atomic E-state index is -0.565. The van der Waals surface area contributed by atoms with E-state index < -0.39 is 6.10 Å². The van der Waals surface area contributed by atoms with Crippen LogP contribution in [0.4, 0.5) is 0 Å². The Labute approximate surface area is 123 Å². The van der Waals surface area contributed by atoms with Gasteiger partial charge in [0, 0.05) is 34.3 Å². The van der Waals surface area contributed by atoms with Crippen molar-refractivity contribution in [2.45, 2.75) is 26.0 Å². The van der Waals surface area contributed by atoms with Crippen LogP contribution >= 0.6 is 31.9 Å². The number of rotatable bonds is 4. The minimum Gasteiger partial charge on any atom is -0.388 e. The third-order valence-electron chi connectivity index (χ3n) is 2.84. The number of aromatic nitrogens is 2. The number of hydrogen-bond acceptors (Lipinski definition) is 2. The van der Waals surface area contributed by atoms with Gasteiger partial charge in [0.1, 0.15) is 5.82 Å². The standard InChI is InChI=1S/C13H14Br2N2O/c1-2-17-6-5-16-13(17)8-12(18)10-7-9(14)3-4-11(10)15/h3-7,12,18H,2,8H2,1H3. The van der Waals surface area contributed by atoms with Gasteiger partial charge in [-0.2, -0.15) is 0 Å². The third-order valence-corrected chi connectivity index (χ3v) is 4.05. The molecule has 5 heteroatoms. The van der Waals surface area contributed by atoms with Gasteiger partial charge in [-0.25, -0.2) is 4.98 Å². The molecule has 3 nitrogen and oxygen atoms in total. The number of imidazole rings is 1. The molecule has 0 radical (unpaired) electrons. The first-order valence-corrected chi connectivity index (χ1v) is 7.33. The van der Waals surface area contributed by atoms with Crippen molar-refractivity contribution in [2.75, 3.05) is 0 Å². The number of nitrogens with zero attached hydrogens (tertiary/aromatic N) is 2. The summed E-state index contributed by atoms with van der Waals surface area (Å²) in [5.41, 5.74) is 0.870. The van der Waals surface area contributed by atoms with Crippen molar-refractivity contribution in [3.05, 3.63) is 50.9 Å². The summed E-state index contributed by atoms with van der Waals surface area (Å²) in [5.74, 6) is 0.900. The van der Waals surface area contributed by atoms with E-state index in [0.29, 0.717) is 6.42 Å². The summed E-state index contributed by atoms with van der Waals surface area (Å²) in [5, 5.41) is 10.3. The number of benzene rings is 1. The lowest BCUT2D eigenvalue weighted by molar-refractivity contribution is 0.173. The highest BCUT2D eigenvalue weighted by molar-refractivity contribution is 9.11. The maximum Gasteiger partial charge on any atom is 0.111 e. The topological polar surface area (TPSA) is 38.0 Å². The molecule has 0 saturated carbocycles. The molecule has 0 aliphatic carbocycles. The molecule has 1 heterocycles. The van der Waals surface area contributed by atoms with E-state index >= 15 is 0 Å². The van der Waals surface area contributed by atoms with Gasteiger partial charge in [0.25, 0.3) is 0 Å². The molecule has 2 aromatic rings. The second kappa shape index (κ2) is 5.99. The molecule has 1 atom stereocenters. The van der Waals surface area contributed by atoms with Crippen LogP contribution in [0.25, 0.3) is 0 Å². The number of aliphatic hydroxyl groups excluding tert-OH is 1. The van der Waals surface area contributed by atoms with Crippen molar-refractivity contribution < 1.29 is 5.11 Å². The van der Waals surface area contributed by atoms with Crippen molar-refractivity contribution in [2.24, 2.45) is 0 Å². The first-order chi connectivity index (χ1) is 8.61. The summed E-state index contributed by atoms with van der Waals surface area (Å²) >= 11 is 6.88. The van der Waals surface area contributed by atoms with Crippen molar-refractivity contribution in [1.82, 2.24) is 9.55 Å². The monoisotopic (exact) mass is 372 g/mol. The van der Waals surface area contributed by atoms with Gasteiger partial charge in [-0.05, 0) is 30.7 Å². The van der Waals surface area contributed by atoms with Crippen molar-refractivity contribution in [3.8, 4) is 0 Å². The predicted molar refractivity (Wildman–Crippen MR) is 78.4 cm³/mol. The lowest BCUT2D eigenvalue weighted by Crippen LogP contribution is -2.08. The molecule has 0 saturated heterocycles. The Bertz CT molecular complexity index is 540. The highest BCUT2D eigenvalue weighted by atomic mass is 79.9. The van der Waals surface area contributed by atoms with E-state index in [-0.39, 0.29) is 0 Å². The molecule has 96 valence electrons. The van der Waals surface area contributed by atoms with Crippen molar-refractivity contribution in [3.63, 3.8) is 0 Å². The zero-order valence-electron chi connectivity index (χ0n) is 9.98. The lowest BCUT2D eigenvalue weighted by Gasteiger charge is -2.14. The average molecular weight is 374 g/mol. The summed E-state index contributed by atoms with van der Waals surface area (Å²) in [7, 11) is 0. The number of aryl methyl sites for hydroxylation is 1. The fourth-order valence-corrected chi connectivity index (χ4v) is 2.76. The Hall–Kier alpha value is -0.650. The van der Waals surface area contributed by atoms with Gasteiger partial charge in [0.2, 0.25) is 0 Å². The quantitative estimate of drug-likeness (QED) is 0.887. The molecule has 0 spiro atoms. The Morgan fingerprint density at radius 3 is 2.89 bits per heavy atom. The van der Waals surface area contributed by atoms with Gasteiger partial charge in [0.05, 0.1) is 6.10 Å². The average Bonchev–Trinajstić information content (AvgIpc) is 2.79. The van der Waals surface area contributed by atoms with E-state index in [0.717, 1.165) is 26.9 Å². The molecule has 0 amide bonds. The second-order valence-electron chi connectivity index (χ2n) is 4.02. The predicted octanol–water partition coefficient (Wildman–Crippen LogP) is 3.70. The van der Waals surface area contributed by atoms with E-state index in [2.05, 4.69) is 43.8 Å². The fourth-order valence-electron chi connectivity index (χ4n) is 1.87. The van der Waals surface area contributed by atoms with Crippen molar-refractivity contribution >= 4 is 31.9 Å². The van der Waals surface area contributed by atoms with E-state index in [4.69, 9.17) is 0 Å². The smallest absolute Gasteiger partial charge is 0.111 e. The number of halogens is 2. The van der Waals surface area contributed by atoms with E-state index in [1.807, 2.05) is 29.0 Å². The zero-order chi connectivity index (χ0) is 13.1.